The molecule has 32 heavy (non-hydrogen) atoms. The normalized spacial score (nSPS) is 11.2. The first kappa shape index (κ1) is 21.1. The third-order valence-electron chi connectivity index (χ3n) is 4.76. The minimum Gasteiger partial charge on any atom is -0.489 e. The highest BCUT2D eigenvalue weighted by Gasteiger charge is 2.03. The molecular formula is C26H25N5O. The second kappa shape index (κ2) is 9.75. The van der Waals surface area contributed by atoms with Gasteiger partial charge in [-0.05, 0) is 48.7 Å². The molecule has 0 amide bonds. The lowest BCUT2D eigenvalue weighted by Gasteiger charge is -2.10. The van der Waals surface area contributed by atoms with Gasteiger partial charge in [-0.15, -0.1) is 0 Å². The molecule has 4 aromatic rings. The minimum absolute atomic E-state index is 0.212. The number of aromatic nitrogens is 2. The standard InChI is InChI=1S/C26H25N5O/c1-18-15-19(2)29-26(28-18)31-25(27)30-23-9-6-10-24(16-23)32-17-20-11-13-22(14-12-20)21-7-4-3-5-8-21/h3-16H,17H2,1-2H3,(H3,27,28,29,30,31). The van der Waals surface area contributed by atoms with Crippen LogP contribution in [0, 0.1) is 13.8 Å². The van der Waals surface area contributed by atoms with Crippen molar-refractivity contribution in [3.63, 3.8) is 0 Å². The third-order valence-corrected chi connectivity index (χ3v) is 4.76. The number of nitrogens with zero attached hydrogens (tertiary/aromatic N) is 3. The first-order chi connectivity index (χ1) is 15.5. The van der Waals surface area contributed by atoms with E-state index < -0.39 is 0 Å². The Morgan fingerprint density at radius 1 is 0.844 bits per heavy atom. The number of guanidine groups is 1. The second-order valence-corrected chi connectivity index (χ2v) is 7.45. The molecule has 0 aliphatic rings. The highest BCUT2D eigenvalue weighted by molar-refractivity contribution is 5.93. The maximum Gasteiger partial charge on any atom is 0.253 e. The van der Waals surface area contributed by atoms with E-state index in [1.165, 1.54) is 11.1 Å². The van der Waals surface area contributed by atoms with E-state index in [1.807, 2.05) is 62.4 Å². The molecule has 0 atom stereocenters. The minimum atomic E-state index is 0.212. The Balaban J connectivity index is 1.38. The predicted octanol–water partition coefficient (Wildman–Crippen LogP) is 5.40. The zero-order valence-corrected chi connectivity index (χ0v) is 18.1. The summed E-state index contributed by atoms with van der Waals surface area (Å²) in [5.41, 5.74) is 12.0. The van der Waals surface area contributed by atoms with E-state index in [-0.39, 0.29) is 5.96 Å². The van der Waals surface area contributed by atoms with Crippen LogP contribution >= 0.6 is 0 Å². The molecule has 3 N–H and O–H groups in total. The smallest absolute Gasteiger partial charge is 0.253 e. The van der Waals surface area contributed by atoms with Crippen molar-refractivity contribution in [2.24, 2.45) is 10.7 Å². The van der Waals surface area contributed by atoms with Gasteiger partial charge in [0.25, 0.3) is 5.95 Å². The molecule has 0 saturated carbocycles. The van der Waals surface area contributed by atoms with Gasteiger partial charge in [-0.25, -0.2) is 9.97 Å². The van der Waals surface area contributed by atoms with E-state index in [2.05, 4.69) is 56.7 Å². The van der Waals surface area contributed by atoms with Gasteiger partial charge in [0.1, 0.15) is 12.4 Å². The molecule has 0 radical (unpaired) electrons. The number of aliphatic imine (C=N–C) groups is 1. The van der Waals surface area contributed by atoms with Crippen molar-refractivity contribution in [1.82, 2.24) is 9.97 Å². The molecule has 0 spiro atoms. The Hall–Kier alpha value is -4.19. The predicted molar refractivity (Wildman–Crippen MR) is 129 cm³/mol. The van der Waals surface area contributed by atoms with Crippen LogP contribution in [0.25, 0.3) is 11.1 Å². The van der Waals surface area contributed by atoms with E-state index >= 15 is 0 Å². The van der Waals surface area contributed by atoms with E-state index in [4.69, 9.17) is 10.5 Å². The lowest BCUT2D eigenvalue weighted by atomic mass is 10.0. The highest BCUT2D eigenvalue weighted by atomic mass is 16.5. The molecule has 6 heteroatoms. The topological polar surface area (TPSA) is 85.4 Å². The fourth-order valence-electron chi connectivity index (χ4n) is 3.30. The lowest BCUT2D eigenvalue weighted by Crippen LogP contribution is -2.22. The van der Waals surface area contributed by atoms with E-state index in [9.17, 15) is 0 Å². The molecule has 0 saturated heterocycles. The van der Waals surface area contributed by atoms with Gasteiger partial charge in [0.15, 0.2) is 0 Å². The van der Waals surface area contributed by atoms with Crippen LogP contribution in [0.15, 0.2) is 89.9 Å². The van der Waals surface area contributed by atoms with Crippen LogP contribution in [0.3, 0.4) is 0 Å². The number of rotatable bonds is 6. The number of benzene rings is 3. The quantitative estimate of drug-likeness (QED) is 0.320. The Labute approximate surface area is 187 Å². The van der Waals surface area contributed by atoms with Crippen LogP contribution < -0.4 is 15.8 Å². The van der Waals surface area contributed by atoms with Gasteiger partial charge < -0.3 is 15.8 Å². The van der Waals surface area contributed by atoms with Gasteiger partial charge in [-0.3, -0.25) is 0 Å². The molecule has 6 nitrogen and oxygen atoms in total. The Morgan fingerprint density at radius 2 is 1.53 bits per heavy atom. The van der Waals surface area contributed by atoms with Crippen molar-refractivity contribution in [2.45, 2.75) is 20.5 Å². The number of ether oxygens (including phenoxy) is 1. The summed E-state index contributed by atoms with van der Waals surface area (Å²) in [5, 5.41) is 3.06. The number of nitrogens with two attached hydrogens (primary N) is 1. The average molecular weight is 424 g/mol. The van der Waals surface area contributed by atoms with Crippen LogP contribution in [-0.4, -0.2) is 15.9 Å². The summed E-state index contributed by atoms with van der Waals surface area (Å²) in [6, 6.07) is 28.2. The number of aryl methyl sites for hydroxylation is 2. The third kappa shape index (κ3) is 5.70. The maximum atomic E-state index is 6.03. The van der Waals surface area contributed by atoms with E-state index in [1.54, 1.807) is 0 Å². The Bertz CT molecular complexity index is 1200. The SMILES string of the molecule is Cc1cc(C)nc(/N=C(\N)Nc2cccc(OCc3ccc(-c4ccccc4)cc3)c2)n1. The average Bonchev–Trinajstić information content (AvgIpc) is 2.78. The largest absolute Gasteiger partial charge is 0.489 e. The molecule has 0 fully saturated rings. The van der Waals surface area contributed by atoms with Crippen LogP contribution in [0.2, 0.25) is 0 Å². The van der Waals surface area contributed by atoms with Crippen LogP contribution in [0.5, 0.6) is 5.75 Å². The molecule has 160 valence electrons. The summed E-state index contributed by atoms with van der Waals surface area (Å²) in [6.45, 7) is 4.26. The van der Waals surface area contributed by atoms with Gasteiger partial charge in [0, 0.05) is 23.1 Å². The summed E-state index contributed by atoms with van der Waals surface area (Å²) >= 11 is 0. The highest BCUT2D eigenvalue weighted by Crippen LogP contribution is 2.21. The second-order valence-electron chi connectivity index (χ2n) is 7.45. The summed E-state index contributed by atoms with van der Waals surface area (Å²) in [6.07, 6.45) is 0. The maximum absolute atomic E-state index is 6.03. The number of hydrogen-bond acceptors (Lipinski definition) is 4. The van der Waals surface area contributed by atoms with Gasteiger partial charge in [0.2, 0.25) is 5.96 Å². The van der Waals surface area contributed by atoms with Crippen molar-refractivity contribution >= 4 is 17.6 Å². The summed E-state index contributed by atoms with van der Waals surface area (Å²) < 4.78 is 5.96. The van der Waals surface area contributed by atoms with Crippen molar-refractivity contribution < 1.29 is 4.74 Å². The molecule has 1 heterocycles. The molecule has 3 aromatic carbocycles. The summed E-state index contributed by atoms with van der Waals surface area (Å²) in [7, 11) is 0. The first-order valence-corrected chi connectivity index (χ1v) is 10.4. The fraction of sp³-hybridized carbons (Fsp3) is 0.115. The van der Waals surface area contributed by atoms with Crippen molar-refractivity contribution in [1.29, 1.82) is 0 Å². The molecule has 4 rings (SSSR count). The summed E-state index contributed by atoms with van der Waals surface area (Å²) in [5.74, 6) is 1.28. The number of anilines is 1. The van der Waals surface area contributed by atoms with Crippen molar-refractivity contribution in [3.8, 4) is 16.9 Å². The molecular weight excluding hydrogens is 398 g/mol. The summed E-state index contributed by atoms with van der Waals surface area (Å²) in [4.78, 5) is 12.8. The molecule has 0 aliphatic carbocycles. The van der Waals surface area contributed by atoms with Crippen LogP contribution in [0.1, 0.15) is 17.0 Å². The van der Waals surface area contributed by atoms with Gasteiger partial charge in [0.05, 0.1) is 0 Å². The van der Waals surface area contributed by atoms with E-state index in [0.717, 1.165) is 28.4 Å². The van der Waals surface area contributed by atoms with Gasteiger partial charge in [-0.2, -0.15) is 4.99 Å². The monoisotopic (exact) mass is 423 g/mol. The zero-order chi connectivity index (χ0) is 22.3. The Morgan fingerprint density at radius 3 is 2.25 bits per heavy atom. The zero-order valence-electron chi connectivity index (χ0n) is 18.1. The van der Waals surface area contributed by atoms with Gasteiger partial charge in [-0.1, -0.05) is 60.7 Å². The molecule has 1 aromatic heterocycles. The molecule has 0 aliphatic heterocycles. The van der Waals surface area contributed by atoms with Crippen molar-refractivity contribution in [2.75, 3.05) is 5.32 Å². The lowest BCUT2D eigenvalue weighted by molar-refractivity contribution is 0.306. The first-order valence-electron chi connectivity index (χ1n) is 10.4. The number of hydrogen-bond donors (Lipinski definition) is 2. The van der Waals surface area contributed by atoms with Gasteiger partial charge >= 0.3 is 0 Å². The van der Waals surface area contributed by atoms with Crippen LogP contribution in [-0.2, 0) is 6.61 Å². The van der Waals surface area contributed by atoms with Crippen LogP contribution in [0.4, 0.5) is 11.6 Å². The molecule has 0 bridgehead atoms. The van der Waals surface area contributed by atoms with E-state index in [0.29, 0.717) is 12.6 Å². The molecule has 0 unspecified atom stereocenters. The van der Waals surface area contributed by atoms with Crippen molar-refractivity contribution in [3.05, 3.63) is 102 Å². The Kier molecular flexibility index (Phi) is 6.41. The fourth-order valence-corrected chi connectivity index (χ4v) is 3.30. The number of nitrogens with one attached hydrogen (secondary N) is 1.